The smallest absolute Gasteiger partial charge is 0.223 e. The van der Waals surface area contributed by atoms with E-state index in [9.17, 15) is 4.79 Å². The summed E-state index contributed by atoms with van der Waals surface area (Å²) in [5.41, 5.74) is 6.74. The predicted molar refractivity (Wildman–Crippen MR) is 86.4 cm³/mol. The molecule has 1 unspecified atom stereocenters. The van der Waals surface area contributed by atoms with Crippen LogP contribution in [0.25, 0.3) is 0 Å². The highest BCUT2D eigenvalue weighted by molar-refractivity contribution is 5.75. The highest BCUT2D eigenvalue weighted by Crippen LogP contribution is 2.12. The Bertz CT molecular complexity index is 415. The van der Waals surface area contributed by atoms with Gasteiger partial charge in [0.05, 0.1) is 13.0 Å². The first-order valence-electron chi connectivity index (χ1n) is 7.82. The van der Waals surface area contributed by atoms with Crippen molar-refractivity contribution in [3.05, 3.63) is 29.8 Å². The molecule has 1 atom stereocenters. The Kier molecular flexibility index (Phi) is 8.51. The number of ether oxygens (including phenoxy) is 1. The average molecular weight is 292 g/mol. The zero-order valence-corrected chi connectivity index (χ0v) is 13.2. The summed E-state index contributed by atoms with van der Waals surface area (Å²) in [6, 6.07) is 7.84. The van der Waals surface area contributed by atoms with E-state index in [1.807, 2.05) is 31.2 Å². The molecule has 4 nitrogen and oxygen atoms in total. The lowest BCUT2D eigenvalue weighted by atomic mass is 10.00. The zero-order valence-electron chi connectivity index (χ0n) is 13.2. The Labute approximate surface area is 128 Å². The van der Waals surface area contributed by atoms with Gasteiger partial charge in [-0.25, -0.2) is 0 Å². The molecule has 118 valence electrons. The van der Waals surface area contributed by atoms with Gasteiger partial charge in [-0.3, -0.25) is 4.79 Å². The fourth-order valence-electron chi connectivity index (χ4n) is 2.31. The van der Waals surface area contributed by atoms with Crippen LogP contribution in [-0.2, 0) is 4.79 Å². The van der Waals surface area contributed by atoms with Gasteiger partial charge in [0.15, 0.2) is 0 Å². The number of aryl methyl sites for hydroxylation is 1. The second-order valence-electron chi connectivity index (χ2n) is 5.45. The number of carbonyl (C=O) groups is 1. The summed E-state index contributed by atoms with van der Waals surface area (Å²) in [6.45, 7) is 5.97. The van der Waals surface area contributed by atoms with Gasteiger partial charge in [0.2, 0.25) is 5.91 Å². The lowest BCUT2D eigenvalue weighted by Gasteiger charge is -2.16. The van der Waals surface area contributed by atoms with Crippen molar-refractivity contribution in [1.82, 2.24) is 5.32 Å². The van der Waals surface area contributed by atoms with E-state index in [-0.39, 0.29) is 5.91 Å². The van der Waals surface area contributed by atoms with Gasteiger partial charge in [-0.2, -0.15) is 0 Å². The number of nitrogens with two attached hydrogens (primary N) is 1. The number of nitrogens with one attached hydrogen (secondary N) is 1. The van der Waals surface area contributed by atoms with Crippen molar-refractivity contribution in [2.75, 3.05) is 19.7 Å². The lowest BCUT2D eigenvalue weighted by molar-refractivity contribution is -0.121. The summed E-state index contributed by atoms with van der Waals surface area (Å²) >= 11 is 0. The van der Waals surface area contributed by atoms with Crippen molar-refractivity contribution in [2.24, 2.45) is 11.7 Å². The van der Waals surface area contributed by atoms with Crippen LogP contribution < -0.4 is 15.8 Å². The lowest BCUT2D eigenvalue weighted by Crippen LogP contribution is -2.31. The summed E-state index contributed by atoms with van der Waals surface area (Å²) in [7, 11) is 0. The van der Waals surface area contributed by atoms with E-state index in [0.29, 0.717) is 32.0 Å². The second-order valence-corrected chi connectivity index (χ2v) is 5.45. The van der Waals surface area contributed by atoms with E-state index in [1.165, 1.54) is 0 Å². The third kappa shape index (κ3) is 7.71. The summed E-state index contributed by atoms with van der Waals surface area (Å²) in [5, 5.41) is 2.98. The third-order valence-corrected chi connectivity index (χ3v) is 3.45. The number of rotatable bonds is 10. The highest BCUT2D eigenvalue weighted by atomic mass is 16.5. The quantitative estimate of drug-likeness (QED) is 0.697. The molecule has 1 aromatic rings. The first-order valence-corrected chi connectivity index (χ1v) is 7.82. The first-order chi connectivity index (χ1) is 10.2. The Morgan fingerprint density at radius 2 is 2.19 bits per heavy atom. The standard InChI is InChI=1S/C17H28N2O2/c1-3-5-15(8-10-18)13-19-17(20)9-11-21-16-7-4-6-14(2)12-16/h4,6-7,12,15H,3,5,8-11,13,18H2,1-2H3,(H,19,20). The molecule has 1 rings (SSSR count). The van der Waals surface area contributed by atoms with Crippen LogP contribution >= 0.6 is 0 Å². The molecule has 0 aromatic heterocycles. The van der Waals surface area contributed by atoms with Crippen molar-refractivity contribution >= 4 is 5.91 Å². The van der Waals surface area contributed by atoms with Gasteiger partial charge in [-0.1, -0.05) is 25.5 Å². The zero-order chi connectivity index (χ0) is 15.5. The first kappa shape index (κ1) is 17.5. The summed E-state index contributed by atoms with van der Waals surface area (Å²) in [4.78, 5) is 11.8. The van der Waals surface area contributed by atoms with Crippen LogP contribution in [0.5, 0.6) is 5.75 Å². The fourth-order valence-corrected chi connectivity index (χ4v) is 2.31. The number of carbonyl (C=O) groups excluding carboxylic acids is 1. The van der Waals surface area contributed by atoms with Gasteiger partial charge >= 0.3 is 0 Å². The van der Waals surface area contributed by atoms with Crippen LogP contribution in [0.4, 0.5) is 0 Å². The van der Waals surface area contributed by atoms with E-state index >= 15 is 0 Å². The van der Waals surface area contributed by atoms with E-state index in [4.69, 9.17) is 10.5 Å². The van der Waals surface area contributed by atoms with Gasteiger partial charge < -0.3 is 15.8 Å². The van der Waals surface area contributed by atoms with Crippen molar-refractivity contribution in [1.29, 1.82) is 0 Å². The molecular formula is C17H28N2O2. The van der Waals surface area contributed by atoms with Crippen LogP contribution in [0.1, 0.15) is 38.2 Å². The molecule has 0 aliphatic heterocycles. The van der Waals surface area contributed by atoms with Gasteiger partial charge in [-0.05, 0) is 49.9 Å². The molecule has 4 heteroatoms. The molecular weight excluding hydrogens is 264 g/mol. The van der Waals surface area contributed by atoms with E-state index in [2.05, 4.69) is 12.2 Å². The Morgan fingerprint density at radius 1 is 1.38 bits per heavy atom. The molecule has 0 saturated carbocycles. The number of benzene rings is 1. The van der Waals surface area contributed by atoms with Crippen LogP contribution in [-0.4, -0.2) is 25.6 Å². The topological polar surface area (TPSA) is 64.3 Å². The van der Waals surface area contributed by atoms with Crippen molar-refractivity contribution in [2.45, 2.75) is 39.5 Å². The monoisotopic (exact) mass is 292 g/mol. The third-order valence-electron chi connectivity index (χ3n) is 3.45. The average Bonchev–Trinajstić information content (AvgIpc) is 2.45. The summed E-state index contributed by atoms with van der Waals surface area (Å²) in [5.74, 6) is 1.34. The molecule has 3 N–H and O–H groups in total. The summed E-state index contributed by atoms with van der Waals surface area (Å²) < 4.78 is 5.58. The molecule has 0 fully saturated rings. The van der Waals surface area contributed by atoms with E-state index in [0.717, 1.165) is 30.6 Å². The number of hydrogen-bond donors (Lipinski definition) is 2. The van der Waals surface area contributed by atoms with E-state index < -0.39 is 0 Å². The predicted octanol–water partition coefficient (Wildman–Crippen LogP) is 2.65. The fraction of sp³-hybridized carbons (Fsp3) is 0.588. The minimum Gasteiger partial charge on any atom is -0.493 e. The molecule has 1 amide bonds. The van der Waals surface area contributed by atoms with Crippen LogP contribution in [0.3, 0.4) is 0 Å². The number of amides is 1. The van der Waals surface area contributed by atoms with Crippen molar-refractivity contribution in [3.8, 4) is 5.75 Å². The van der Waals surface area contributed by atoms with Gasteiger partial charge in [0, 0.05) is 6.54 Å². The highest BCUT2D eigenvalue weighted by Gasteiger charge is 2.09. The maximum absolute atomic E-state index is 11.8. The molecule has 21 heavy (non-hydrogen) atoms. The van der Waals surface area contributed by atoms with Gasteiger partial charge in [0.1, 0.15) is 5.75 Å². The largest absolute Gasteiger partial charge is 0.493 e. The minimum absolute atomic E-state index is 0.0424. The summed E-state index contributed by atoms with van der Waals surface area (Å²) in [6.07, 6.45) is 3.58. The SMILES string of the molecule is CCCC(CCN)CNC(=O)CCOc1cccc(C)c1. The normalized spacial score (nSPS) is 12.0. The van der Waals surface area contributed by atoms with Crippen molar-refractivity contribution in [3.63, 3.8) is 0 Å². The van der Waals surface area contributed by atoms with Gasteiger partial charge in [0.25, 0.3) is 0 Å². The Morgan fingerprint density at radius 3 is 2.86 bits per heavy atom. The molecule has 0 aliphatic carbocycles. The van der Waals surface area contributed by atoms with E-state index in [1.54, 1.807) is 0 Å². The van der Waals surface area contributed by atoms with Crippen LogP contribution in [0.15, 0.2) is 24.3 Å². The maximum atomic E-state index is 11.8. The molecule has 0 spiro atoms. The van der Waals surface area contributed by atoms with Gasteiger partial charge in [-0.15, -0.1) is 0 Å². The second kappa shape index (κ2) is 10.2. The molecule has 0 aliphatic rings. The van der Waals surface area contributed by atoms with Crippen LogP contribution in [0.2, 0.25) is 0 Å². The molecule has 0 radical (unpaired) electrons. The van der Waals surface area contributed by atoms with Crippen LogP contribution in [0, 0.1) is 12.8 Å². The molecule has 0 heterocycles. The van der Waals surface area contributed by atoms with Crippen molar-refractivity contribution < 1.29 is 9.53 Å². The Balaban J connectivity index is 2.21. The maximum Gasteiger partial charge on any atom is 0.223 e. The minimum atomic E-state index is 0.0424. The molecule has 0 bridgehead atoms. The Hall–Kier alpha value is -1.55. The molecule has 0 saturated heterocycles. The number of hydrogen-bond acceptors (Lipinski definition) is 3. The molecule has 1 aromatic carbocycles.